The summed E-state index contributed by atoms with van der Waals surface area (Å²) in [5, 5.41) is 12.2. The maximum atomic E-state index is 12.0. The molecule has 0 fully saturated rings. The van der Waals surface area contributed by atoms with Crippen LogP contribution in [0.3, 0.4) is 0 Å². The maximum absolute atomic E-state index is 12.0. The van der Waals surface area contributed by atoms with Crippen molar-refractivity contribution in [1.82, 2.24) is 5.32 Å². The first-order valence-corrected chi connectivity index (χ1v) is 6.77. The number of carbonyl (C=O) groups is 1. The molecule has 0 saturated heterocycles. The van der Waals surface area contributed by atoms with Crippen LogP contribution in [0.4, 0.5) is 0 Å². The molecule has 4 nitrogen and oxygen atoms in total. The Kier molecular flexibility index (Phi) is 5.83. The summed E-state index contributed by atoms with van der Waals surface area (Å²) in [6.45, 7) is 6.22. The van der Waals surface area contributed by atoms with Crippen LogP contribution in [0.15, 0.2) is 24.3 Å². The third kappa shape index (κ3) is 4.91. The first-order chi connectivity index (χ1) is 8.93. The van der Waals surface area contributed by atoms with E-state index in [0.717, 1.165) is 12.0 Å². The number of aromatic hydroxyl groups is 1. The van der Waals surface area contributed by atoms with Crippen LogP contribution in [-0.4, -0.2) is 23.1 Å². The van der Waals surface area contributed by atoms with Crippen LogP contribution in [-0.2, 0) is 11.2 Å². The van der Waals surface area contributed by atoms with Crippen molar-refractivity contribution in [2.75, 3.05) is 0 Å². The minimum atomic E-state index is -0.558. The molecular formula is C15H24N2O2. The Morgan fingerprint density at radius 1 is 1.32 bits per heavy atom. The average molecular weight is 264 g/mol. The quantitative estimate of drug-likeness (QED) is 0.733. The maximum Gasteiger partial charge on any atom is 0.237 e. The van der Waals surface area contributed by atoms with Gasteiger partial charge in [-0.3, -0.25) is 4.79 Å². The summed E-state index contributed by atoms with van der Waals surface area (Å²) in [7, 11) is 0. The predicted octanol–water partition coefficient (Wildman–Crippen LogP) is 1.81. The van der Waals surface area contributed by atoms with E-state index in [-0.39, 0.29) is 17.7 Å². The molecule has 1 rings (SSSR count). The van der Waals surface area contributed by atoms with Gasteiger partial charge in [-0.2, -0.15) is 0 Å². The Morgan fingerprint density at radius 3 is 2.37 bits per heavy atom. The van der Waals surface area contributed by atoms with Crippen LogP contribution in [0.2, 0.25) is 0 Å². The third-order valence-corrected chi connectivity index (χ3v) is 3.30. The van der Waals surface area contributed by atoms with Gasteiger partial charge in [0.25, 0.3) is 0 Å². The molecule has 4 heteroatoms. The van der Waals surface area contributed by atoms with Crippen molar-refractivity contribution < 1.29 is 9.90 Å². The Bertz CT molecular complexity index is 401. The van der Waals surface area contributed by atoms with Gasteiger partial charge >= 0.3 is 0 Å². The second kappa shape index (κ2) is 7.14. The average Bonchev–Trinajstić information content (AvgIpc) is 2.37. The van der Waals surface area contributed by atoms with Gasteiger partial charge in [-0.05, 0) is 36.5 Å². The van der Waals surface area contributed by atoms with Gasteiger partial charge in [-0.1, -0.05) is 32.9 Å². The number of nitrogens with one attached hydrogen (secondary N) is 1. The summed E-state index contributed by atoms with van der Waals surface area (Å²) in [5.41, 5.74) is 6.86. The number of phenolic OH excluding ortho intramolecular Hbond substituents is 1. The van der Waals surface area contributed by atoms with Crippen molar-refractivity contribution in [3.8, 4) is 5.75 Å². The van der Waals surface area contributed by atoms with E-state index in [0.29, 0.717) is 12.3 Å². The second-order valence-corrected chi connectivity index (χ2v) is 5.24. The Hall–Kier alpha value is -1.55. The van der Waals surface area contributed by atoms with Crippen molar-refractivity contribution in [2.24, 2.45) is 11.7 Å². The van der Waals surface area contributed by atoms with Crippen LogP contribution in [0, 0.1) is 5.92 Å². The lowest BCUT2D eigenvalue weighted by Crippen LogP contribution is -2.47. The zero-order chi connectivity index (χ0) is 14.4. The van der Waals surface area contributed by atoms with Gasteiger partial charge in [0.1, 0.15) is 5.75 Å². The van der Waals surface area contributed by atoms with Crippen molar-refractivity contribution in [2.45, 2.75) is 45.7 Å². The molecule has 1 aromatic carbocycles. The minimum absolute atomic E-state index is 0.117. The number of nitrogens with two attached hydrogens (primary N) is 1. The number of hydrogen-bond acceptors (Lipinski definition) is 3. The van der Waals surface area contributed by atoms with E-state index < -0.39 is 6.04 Å². The lowest BCUT2D eigenvalue weighted by atomic mass is 10.0. The van der Waals surface area contributed by atoms with Crippen molar-refractivity contribution >= 4 is 5.91 Å². The first-order valence-electron chi connectivity index (χ1n) is 6.77. The molecule has 1 aromatic rings. The third-order valence-electron chi connectivity index (χ3n) is 3.30. The van der Waals surface area contributed by atoms with Crippen molar-refractivity contribution in [3.63, 3.8) is 0 Å². The van der Waals surface area contributed by atoms with E-state index in [1.165, 1.54) is 0 Å². The summed E-state index contributed by atoms with van der Waals surface area (Å²) < 4.78 is 0. The number of amides is 1. The minimum Gasteiger partial charge on any atom is -0.508 e. The molecule has 4 N–H and O–H groups in total. The van der Waals surface area contributed by atoms with E-state index >= 15 is 0 Å². The molecule has 0 aliphatic rings. The van der Waals surface area contributed by atoms with Crippen molar-refractivity contribution in [1.29, 1.82) is 0 Å². The fourth-order valence-electron chi connectivity index (χ4n) is 2.01. The highest BCUT2D eigenvalue weighted by Gasteiger charge is 2.19. The fourth-order valence-corrected chi connectivity index (χ4v) is 2.01. The van der Waals surface area contributed by atoms with Crippen molar-refractivity contribution in [3.05, 3.63) is 29.8 Å². The number of benzene rings is 1. The van der Waals surface area contributed by atoms with E-state index in [2.05, 4.69) is 26.1 Å². The van der Waals surface area contributed by atoms with Gasteiger partial charge < -0.3 is 16.2 Å². The van der Waals surface area contributed by atoms with Gasteiger partial charge in [-0.25, -0.2) is 0 Å². The highest BCUT2D eigenvalue weighted by atomic mass is 16.3. The molecule has 0 aliphatic carbocycles. The van der Waals surface area contributed by atoms with E-state index in [9.17, 15) is 9.90 Å². The Morgan fingerprint density at radius 2 is 1.89 bits per heavy atom. The molecule has 106 valence electrons. The Labute approximate surface area is 115 Å². The van der Waals surface area contributed by atoms with Crippen LogP contribution in [0.5, 0.6) is 5.75 Å². The smallest absolute Gasteiger partial charge is 0.237 e. The number of rotatable bonds is 6. The van der Waals surface area contributed by atoms with Crippen LogP contribution in [0.1, 0.15) is 32.8 Å². The largest absolute Gasteiger partial charge is 0.508 e. The lowest BCUT2D eigenvalue weighted by Gasteiger charge is -2.23. The molecular weight excluding hydrogens is 240 g/mol. The molecule has 2 atom stereocenters. The molecule has 0 spiro atoms. The molecule has 0 saturated carbocycles. The van der Waals surface area contributed by atoms with Gasteiger partial charge in [0.05, 0.1) is 6.04 Å². The van der Waals surface area contributed by atoms with Crippen LogP contribution >= 0.6 is 0 Å². The van der Waals surface area contributed by atoms with Gasteiger partial charge in [0.2, 0.25) is 5.91 Å². The van der Waals surface area contributed by atoms with Crippen LogP contribution in [0.25, 0.3) is 0 Å². The normalized spacial score (nSPS) is 14.2. The first kappa shape index (κ1) is 15.5. The van der Waals surface area contributed by atoms with Crippen LogP contribution < -0.4 is 11.1 Å². The Balaban J connectivity index is 2.55. The van der Waals surface area contributed by atoms with E-state index in [4.69, 9.17) is 5.73 Å². The molecule has 0 aromatic heterocycles. The van der Waals surface area contributed by atoms with E-state index in [1.54, 1.807) is 24.3 Å². The molecule has 0 bridgehead atoms. The monoisotopic (exact) mass is 264 g/mol. The SMILES string of the molecule is CCC(NC(=O)[C@@H](N)Cc1ccc(O)cc1)C(C)C. The second-order valence-electron chi connectivity index (χ2n) is 5.24. The summed E-state index contributed by atoms with van der Waals surface area (Å²) in [4.78, 5) is 12.0. The molecule has 0 radical (unpaired) electrons. The zero-order valence-corrected chi connectivity index (χ0v) is 11.9. The predicted molar refractivity (Wildman–Crippen MR) is 76.8 cm³/mol. The fraction of sp³-hybridized carbons (Fsp3) is 0.533. The number of carbonyl (C=O) groups excluding carboxylic acids is 1. The summed E-state index contributed by atoms with van der Waals surface area (Å²) in [6, 6.07) is 6.37. The van der Waals surface area contributed by atoms with Gasteiger partial charge in [0, 0.05) is 6.04 Å². The summed E-state index contributed by atoms with van der Waals surface area (Å²) >= 11 is 0. The summed E-state index contributed by atoms with van der Waals surface area (Å²) in [5.74, 6) is 0.496. The highest BCUT2D eigenvalue weighted by Crippen LogP contribution is 2.11. The molecule has 0 heterocycles. The highest BCUT2D eigenvalue weighted by molar-refractivity contribution is 5.82. The zero-order valence-electron chi connectivity index (χ0n) is 11.9. The topological polar surface area (TPSA) is 75.4 Å². The molecule has 1 unspecified atom stereocenters. The molecule has 19 heavy (non-hydrogen) atoms. The number of phenols is 1. The lowest BCUT2D eigenvalue weighted by molar-refractivity contribution is -0.123. The molecule has 1 amide bonds. The van der Waals surface area contributed by atoms with Gasteiger partial charge in [0.15, 0.2) is 0 Å². The van der Waals surface area contributed by atoms with E-state index in [1.807, 2.05) is 0 Å². The standard InChI is InChI=1S/C15H24N2O2/c1-4-14(10(2)3)17-15(19)13(16)9-11-5-7-12(18)8-6-11/h5-8,10,13-14,18H,4,9,16H2,1-3H3,(H,17,19)/t13-,14?/m0/s1. The summed E-state index contributed by atoms with van der Waals surface area (Å²) in [6.07, 6.45) is 1.37. The number of hydrogen-bond donors (Lipinski definition) is 3. The molecule has 0 aliphatic heterocycles. The van der Waals surface area contributed by atoms with Gasteiger partial charge in [-0.15, -0.1) is 0 Å².